The minimum absolute atomic E-state index is 0.0316. The molecule has 1 saturated heterocycles. The smallest absolute Gasteiger partial charge is 0.217 e. The SMILES string of the molecule is NC(=O)CC1CCN(CC(=O)c2cc(Cl)ccc2Cl)CC1. The summed E-state index contributed by atoms with van der Waals surface area (Å²) in [7, 11) is 0. The molecule has 2 rings (SSSR count). The summed E-state index contributed by atoms with van der Waals surface area (Å²) in [5, 5.41) is 0.927. The number of amides is 1. The van der Waals surface area contributed by atoms with Gasteiger partial charge in [-0.25, -0.2) is 0 Å². The van der Waals surface area contributed by atoms with Crippen LogP contribution >= 0.6 is 23.2 Å². The molecule has 1 aromatic carbocycles. The molecule has 4 nitrogen and oxygen atoms in total. The van der Waals surface area contributed by atoms with Gasteiger partial charge in [0.25, 0.3) is 0 Å². The average molecular weight is 329 g/mol. The number of ketones is 1. The van der Waals surface area contributed by atoms with Crippen LogP contribution in [-0.2, 0) is 4.79 Å². The van der Waals surface area contributed by atoms with Gasteiger partial charge in [0.1, 0.15) is 0 Å². The molecule has 1 heterocycles. The molecule has 0 atom stereocenters. The van der Waals surface area contributed by atoms with Crippen molar-refractivity contribution in [2.24, 2.45) is 11.7 Å². The highest BCUT2D eigenvalue weighted by molar-refractivity contribution is 6.36. The molecule has 0 spiro atoms. The quantitative estimate of drug-likeness (QED) is 0.845. The van der Waals surface area contributed by atoms with Crippen molar-refractivity contribution in [1.82, 2.24) is 4.90 Å². The van der Waals surface area contributed by atoms with Gasteiger partial charge in [-0.15, -0.1) is 0 Å². The van der Waals surface area contributed by atoms with E-state index in [4.69, 9.17) is 28.9 Å². The van der Waals surface area contributed by atoms with E-state index >= 15 is 0 Å². The van der Waals surface area contributed by atoms with Crippen molar-refractivity contribution in [3.8, 4) is 0 Å². The molecule has 0 radical (unpaired) electrons. The van der Waals surface area contributed by atoms with E-state index < -0.39 is 0 Å². The number of hydrogen-bond donors (Lipinski definition) is 1. The Labute approximate surface area is 134 Å². The molecule has 0 aromatic heterocycles. The molecule has 0 saturated carbocycles. The van der Waals surface area contributed by atoms with Crippen molar-refractivity contribution < 1.29 is 9.59 Å². The number of Topliss-reactive ketones (excluding diaryl/α,β-unsaturated/α-hetero) is 1. The lowest BCUT2D eigenvalue weighted by molar-refractivity contribution is -0.119. The number of nitrogens with zero attached hydrogens (tertiary/aromatic N) is 1. The number of rotatable bonds is 5. The van der Waals surface area contributed by atoms with Gasteiger partial charge in [-0.3, -0.25) is 14.5 Å². The zero-order valence-corrected chi connectivity index (χ0v) is 13.2. The normalized spacial score (nSPS) is 16.9. The highest BCUT2D eigenvalue weighted by Gasteiger charge is 2.23. The molecule has 1 amide bonds. The number of benzene rings is 1. The van der Waals surface area contributed by atoms with Gasteiger partial charge in [0.15, 0.2) is 5.78 Å². The predicted molar refractivity (Wildman–Crippen MR) is 83.8 cm³/mol. The Hall–Kier alpha value is -1.10. The van der Waals surface area contributed by atoms with Crippen LogP contribution in [0.2, 0.25) is 10.0 Å². The van der Waals surface area contributed by atoms with Crippen LogP contribution in [0.3, 0.4) is 0 Å². The second-order valence-electron chi connectivity index (χ2n) is 5.44. The van der Waals surface area contributed by atoms with Crippen molar-refractivity contribution >= 4 is 34.9 Å². The largest absolute Gasteiger partial charge is 0.370 e. The number of carbonyl (C=O) groups excluding carboxylic acids is 2. The molecule has 0 aliphatic carbocycles. The fraction of sp³-hybridized carbons (Fsp3) is 0.467. The van der Waals surface area contributed by atoms with Crippen molar-refractivity contribution in [2.45, 2.75) is 19.3 Å². The lowest BCUT2D eigenvalue weighted by Crippen LogP contribution is -2.38. The molecule has 1 fully saturated rings. The Morgan fingerprint density at radius 2 is 1.90 bits per heavy atom. The third-order valence-corrected chi connectivity index (χ3v) is 4.36. The van der Waals surface area contributed by atoms with Gasteiger partial charge in [0.05, 0.1) is 11.6 Å². The van der Waals surface area contributed by atoms with E-state index in [1.54, 1.807) is 18.2 Å². The van der Waals surface area contributed by atoms with Crippen LogP contribution < -0.4 is 5.73 Å². The molecule has 21 heavy (non-hydrogen) atoms. The number of hydrogen-bond acceptors (Lipinski definition) is 3. The summed E-state index contributed by atoms with van der Waals surface area (Å²) in [5.41, 5.74) is 5.67. The summed E-state index contributed by atoms with van der Waals surface area (Å²) < 4.78 is 0. The maximum Gasteiger partial charge on any atom is 0.217 e. The van der Waals surface area contributed by atoms with Crippen LogP contribution in [0.15, 0.2) is 18.2 Å². The summed E-state index contributed by atoms with van der Waals surface area (Å²) in [5.74, 6) is 0.0506. The van der Waals surface area contributed by atoms with Crippen LogP contribution in [0.4, 0.5) is 0 Å². The fourth-order valence-corrected chi connectivity index (χ4v) is 3.03. The van der Waals surface area contributed by atoms with E-state index in [2.05, 4.69) is 4.90 Å². The first-order chi connectivity index (χ1) is 9.95. The third kappa shape index (κ3) is 4.70. The molecular formula is C15H18Cl2N2O2. The van der Waals surface area contributed by atoms with E-state index in [9.17, 15) is 9.59 Å². The molecule has 1 aliphatic rings. The van der Waals surface area contributed by atoms with E-state index in [1.165, 1.54) is 0 Å². The van der Waals surface area contributed by atoms with E-state index in [-0.39, 0.29) is 11.7 Å². The van der Waals surface area contributed by atoms with Crippen LogP contribution in [0, 0.1) is 5.92 Å². The van der Waals surface area contributed by atoms with Crippen LogP contribution in [-0.4, -0.2) is 36.2 Å². The summed E-state index contributed by atoms with van der Waals surface area (Å²) in [6, 6.07) is 4.90. The summed E-state index contributed by atoms with van der Waals surface area (Å²) in [6.45, 7) is 1.91. The molecule has 0 bridgehead atoms. The number of piperidine rings is 1. The molecule has 1 aromatic rings. The van der Waals surface area contributed by atoms with E-state index in [0.717, 1.165) is 25.9 Å². The Bertz CT molecular complexity index is 540. The summed E-state index contributed by atoms with van der Waals surface area (Å²) >= 11 is 11.9. The minimum atomic E-state index is -0.254. The highest BCUT2D eigenvalue weighted by atomic mass is 35.5. The van der Waals surface area contributed by atoms with Gasteiger partial charge < -0.3 is 5.73 Å². The van der Waals surface area contributed by atoms with E-state index in [1.807, 2.05) is 0 Å². The predicted octanol–water partition coefficient (Wildman–Crippen LogP) is 2.76. The average Bonchev–Trinajstić information content (AvgIpc) is 2.43. The third-order valence-electron chi connectivity index (χ3n) is 3.79. The maximum absolute atomic E-state index is 12.3. The number of likely N-dealkylation sites (tertiary alicyclic amines) is 1. The van der Waals surface area contributed by atoms with Crippen LogP contribution in [0.5, 0.6) is 0 Å². The second-order valence-corrected chi connectivity index (χ2v) is 6.28. The Morgan fingerprint density at radius 3 is 2.52 bits per heavy atom. The number of primary amides is 1. The van der Waals surface area contributed by atoms with Crippen molar-refractivity contribution in [3.05, 3.63) is 33.8 Å². The number of carbonyl (C=O) groups is 2. The van der Waals surface area contributed by atoms with Crippen LogP contribution in [0.25, 0.3) is 0 Å². The number of nitrogens with two attached hydrogens (primary N) is 1. The van der Waals surface area contributed by atoms with Gasteiger partial charge in [-0.2, -0.15) is 0 Å². The maximum atomic E-state index is 12.3. The molecule has 114 valence electrons. The van der Waals surface area contributed by atoms with Crippen molar-refractivity contribution in [1.29, 1.82) is 0 Å². The highest BCUT2D eigenvalue weighted by Crippen LogP contribution is 2.23. The second kappa shape index (κ2) is 7.25. The molecule has 2 N–H and O–H groups in total. The Morgan fingerprint density at radius 1 is 1.24 bits per heavy atom. The van der Waals surface area contributed by atoms with Crippen molar-refractivity contribution in [3.63, 3.8) is 0 Å². The summed E-state index contributed by atoms with van der Waals surface area (Å²) in [4.78, 5) is 25.3. The molecular weight excluding hydrogens is 311 g/mol. The first-order valence-corrected chi connectivity index (χ1v) is 7.70. The standard InChI is InChI=1S/C15H18Cl2N2O2/c16-11-1-2-13(17)12(8-11)14(20)9-19-5-3-10(4-6-19)7-15(18)21/h1-2,8,10H,3-7,9H2,(H2,18,21). The molecule has 0 unspecified atom stereocenters. The first-order valence-electron chi connectivity index (χ1n) is 6.94. The first kappa shape index (κ1) is 16.3. The van der Waals surface area contributed by atoms with Gasteiger partial charge in [-0.05, 0) is 50.0 Å². The number of halogens is 2. The Kier molecular flexibility index (Phi) is 5.62. The van der Waals surface area contributed by atoms with Crippen LogP contribution in [0.1, 0.15) is 29.6 Å². The Balaban J connectivity index is 1.90. The van der Waals surface area contributed by atoms with Gasteiger partial charge in [-0.1, -0.05) is 23.2 Å². The van der Waals surface area contributed by atoms with E-state index in [0.29, 0.717) is 34.5 Å². The zero-order chi connectivity index (χ0) is 15.4. The van der Waals surface area contributed by atoms with Gasteiger partial charge in [0.2, 0.25) is 5.91 Å². The van der Waals surface area contributed by atoms with Gasteiger partial charge in [0, 0.05) is 17.0 Å². The van der Waals surface area contributed by atoms with Crippen molar-refractivity contribution in [2.75, 3.05) is 19.6 Å². The minimum Gasteiger partial charge on any atom is -0.370 e. The fourth-order valence-electron chi connectivity index (χ4n) is 2.63. The molecule has 1 aliphatic heterocycles. The topological polar surface area (TPSA) is 63.4 Å². The zero-order valence-electron chi connectivity index (χ0n) is 11.6. The molecule has 6 heteroatoms. The van der Waals surface area contributed by atoms with Gasteiger partial charge >= 0.3 is 0 Å². The lowest BCUT2D eigenvalue weighted by atomic mass is 9.93. The monoisotopic (exact) mass is 328 g/mol. The summed E-state index contributed by atoms with van der Waals surface area (Å²) in [6.07, 6.45) is 2.21. The lowest BCUT2D eigenvalue weighted by Gasteiger charge is -2.30.